The van der Waals surface area contributed by atoms with E-state index in [0.717, 1.165) is 23.9 Å². The van der Waals surface area contributed by atoms with Crippen LogP contribution in [-0.4, -0.2) is 27.3 Å². The Kier molecular flexibility index (Phi) is 4.92. The third kappa shape index (κ3) is 3.72. The van der Waals surface area contributed by atoms with Crippen molar-refractivity contribution in [2.75, 3.05) is 5.32 Å². The summed E-state index contributed by atoms with van der Waals surface area (Å²) in [6, 6.07) is 9.39. The van der Waals surface area contributed by atoms with Crippen molar-refractivity contribution in [2.24, 2.45) is 0 Å². The van der Waals surface area contributed by atoms with Gasteiger partial charge in [0.05, 0.1) is 5.52 Å². The van der Waals surface area contributed by atoms with Crippen LogP contribution in [0.1, 0.15) is 37.7 Å². The normalized spacial score (nSPS) is 15.4. The van der Waals surface area contributed by atoms with Crippen molar-refractivity contribution >= 4 is 11.5 Å². The van der Waals surface area contributed by atoms with Gasteiger partial charge in [-0.1, -0.05) is 25.3 Å². The number of ether oxygens (including phenoxy) is 1. The number of rotatable bonds is 5. The number of fused-ring (bicyclic) bond motifs is 1. The molecule has 3 aromatic rings. The van der Waals surface area contributed by atoms with E-state index in [2.05, 4.69) is 15.5 Å². The first-order valence-corrected chi connectivity index (χ1v) is 9.28. The zero-order valence-electron chi connectivity index (χ0n) is 15.2. The molecule has 0 unspecified atom stereocenters. The van der Waals surface area contributed by atoms with E-state index in [1.54, 1.807) is 12.1 Å². The Balaban J connectivity index is 1.74. The maximum absolute atomic E-state index is 12.9. The van der Waals surface area contributed by atoms with E-state index in [1.165, 1.54) is 19.3 Å². The van der Waals surface area contributed by atoms with Gasteiger partial charge in [0.1, 0.15) is 11.4 Å². The van der Waals surface area contributed by atoms with E-state index in [1.807, 2.05) is 35.7 Å². The third-order valence-electron chi connectivity index (χ3n) is 5.01. The summed E-state index contributed by atoms with van der Waals surface area (Å²) in [6.45, 7) is -1.06. The first-order valence-electron chi connectivity index (χ1n) is 9.28. The number of halogens is 2. The molecule has 0 saturated heterocycles. The van der Waals surface area contributed by atoms with Crippen molar-refractivity contribution in [2.45, 2.75) is 51.7 Å². The molecule has 0 atom stereocenters. The summed E-state index contributed by atoms with van der Waals surface area (Å²) >= 11 is 0. The first-order chi connectivity index (χ1) is 13.1. The van der Waals surface area contributed by atoms with Crippen LogP contribution in [0.15, 0.2) is 36.5 Å². The van der Waals surface area contributed by atoms with Gasteiger partial charge in [0, 0.05) is 17.8 Å². The average molecular weight is 372 g/mol. The lowest BCUT2D eigenvalue weighted by atomic mass is 9.96. The molecule has 2 aromatic heterocycles. The molecule has 5 nitrogen and oxygen atoms in total. The highest BCUT2D eigenvalue weighted by Gasteiger charge is 2.19. The van der Waals surface area contributed by atoms with Crippen LogP contribution in [0.25, 0.3) is 16.8 Å². The second-order valence-corrected chi connectivity index (χ2v) is 6.99. The molecule has 1 N–H and O–H groups in total. The molecule has 2 heterocycles. The second-order valence-electron chi connectivity index (χ2n) is 6.99. The monoisotopic (exact) mass is 372 g/mol. The molecule has 27 heavy (non-hydrogen) atoms. The molecular weight excluding hydrogens is 350 g/mol. The van der Waals surface area contributed by atoms with E-state index >= 15 is 0 Å². The van der Waals surface area contributed by atoms with Crippen molar-refractivity contribution in [3.8, 4) is 17.0 Å². The van der Waals surface area contributed by atoms with Gasteiger partial charge in [0.2, 0.25) is 5.95 Å². The van der Waals surface area contributed by atoms with Gasteiger partial charge in [-0.2, -0.15) is 8.78 Å². The molecule has 7 heteroatoms. The van der Waals surface area contributed by atoms with Crippen LogP contribution in [0.2, 0.25) is 0 Å². The number of anilines is 1. The number of aryl methyl sites for hydroxylation is 1. The predicted molar refractivity (Wildman–Crippen MR) is 100 cm³/mol. The Morgan fingerprint density at radius 1 is 1.15 bits per heavy atom. The van der Waals surface area contributed by atoms with Crippen LogP contribution < -0.4 is 10.1 Å². The van der Waals surface area contributed by atoms with E-state index in [0.29, 0.717) is 23.2 Å². The molecule has 0 amide bonds. The topological polar surface area (TPSA) is 51.5 Å². The molecule has 1 fully saturated rings. The number of aromatic nitrogens is 3. The molecule has 0 aliphatic heterocycles. The van der Waals surface area contributed by atoms with Gasteiger partial charge < -0.3 is 10.1 Å². The minimum atomic E-state index is -2.89. The van der Waals surface area contributed by atoms with Gasteiger partial charge in [-0.3, -0.25) is 4.40 Å². The smallest absolute Gasteiger partial charge is 0.387 e. The standard InChI is InChI=1S/C20H22F2N4O/c1-13-9-10-15(17(12-13)27-19(21)22)18-16-8-5-11-26(16)20(25-24-18)23-14-6-3-2-4-7-14/h5,8-12,14,19H,2-4,6-7H2,1H3,(H,23,25). The summed E-state index contributed by atoms with van der Waals surface area (Å²) < 4.78 is 32.4. The highest BCUT2D eigenvalue weighted by atomic mass is 19.3. The quantitative estimate of drug-likeness (QED) is 0.681. The molecule has 1 aliphatic carbocycles. The van der Waals surface area contributed by atoms with Crippen molar-refractivity contribution < 1.29 is 13.5 Å². The lowest BCUT2D eigenvalue weighted by molar-refractivity contribution is -0.0494. The molecule has 0 spiro atoms. The lowest BCUT2D eigenvalue weighted by Crippen LogP contribution is -2.24. The maximum Gasteiger partial charge on any atom is 0.387 e. The van der Waals surface area contributed by atoms with Crippen LogP contribution in [0, 0.1) is 6.92 Å². The minimum absolute atomic E-state index is 0.107. The fourth-order valence-electron chi connectivity index (χ4n) is 3.69. The largest absolute Gasteiger partial charge is 0.434 e. The molecule has 1 aromatic carbocycles. The van der Waals surface area contributed by atoms with E-state index in [-0.39, 0.29) is 5.75 Å². The predicted octanol–water partition coefficient (Wildman–Crippen LogP) is 5.05. The van der Waals surface area contributed by atoms with E-state index in [9.17, 15) is 8.78 Å². The summed E-state index contributed by atoms with van der Waals surface area (Å²) in [7, 11) is 0. The van der Waals surface area contributed by atoms with Crippen LogP contribution in [0.4, 0.5) is 14.7 Å². The lowest BCUT2D eigenvalue weighted by Gasteiger charge is -2.23. The van der Waals surface area contributed by atoms with Crippen molar-refractivity contribution in [3.63, 3.8) is 0 Å². The zero-order chi connectivity index (χ0) is 18.8. The Labute approximate surface area is 156 Å². The van der Waals surface area contributed by atoms with E-state index < -0.39 is 6.61 Å². The second kappa shape index (κ2) is 7.50. The Morgan fingerprint density at radius 3 is 2.74 bits per heavy atom. The van der Waals surface area contributed by atoms with Crippen LogP contribution in [0.5, 0.6) is 5.75 Å². The molecule has 1 aliphatic rings. The van der Waals surface area contributed by atoms with Crippen molar-refractivity contribution in [1.82, 2.24) is 14.6 Å². The van der Waals surface area contributed by atoms with Gasteiger partial charge in [0.15, 0.2) is 0 Å². The number of alkyl halides is 2. The zero-order valence-corrected chi connectivity index (χ0v) is 15.2. The number of nitrogens with one attached hydrogen (secondary N) is 1. The SMILES string of the molecule is Cc1ccc(-c2nnc(NC3CCCCC3)n3cccc23)c(OC(F)F)c1. The van der Waals surface area contributed by atoms with Crippen LogP contribution in [0.3, 0.4) is 0 Å². The van der Waals surface area contributed by atoms with Crippen LogP contribution >= 0.6 is 0 Å². The third-order valence-corrected chi connectivity index (χ3v) is 5.01. The highest BCUT2D eigenvalue weighted by molar-refractivity contribution is 5.81. The molecule has 1 saturated carbocycles. The number of hydrogen-bond donors (Lipinski definition) is 1. The van der Waals surface area contributed by atoms with Crippen molar-refractivity contribution in [1.29, 1.82) is 0 Å². The molecule has 142 valence electrons. The summed E-state index contributed by atoms with van der Waals surface area (Å²) in [5.41, 5.74) is 2.65. The molecular formula is C20H22F2N4O. The van der Waals surface area contributed by atoms with Crippen LogP contribution in [-0.2, 0) is 0 Å². The first kappa shape index (κ1) is 17.7. The minimum Gasteiger partial charge on any atom is -0.434 e. The molecule has 4 rings (SSSR count). The maximum atomic E-state index is 12.9. The van der Waals surface area contributed by atoms with Gasteiger partial charge in [-0.25, -0.2) is 0 Å². The Bertz CT molecular complexity index is 935. The highest BCUT2D eigenvalue weighted by Crippen LogP contribution is 2.34. The number of benzene rings is 1. The Morgan fingerprint density at radius 2 is 1.96 bits per heavy atom. The Hall–Kier alpha value is -2.70. The van der Waals surface area contributed by atoms with Gasteiger partial charge >= 0.3 is 6.61 Å². The average Bonchev–Trinajstić information content (AvgIpc) is 3.13. The molecule has 0 bridgehead atoms. The summed E-state index contributed by atoms with van der Waals surface area (Å²) in [6.07, 6.45) is 7.86. The fraction of sp³-hybridized carbons (Fsp3) is 0.400. The molecule has 0 radical (unpaired) electrons. The number of nitrogens with zero attached hydrogens (tertiary/aromatic N) is 3. The fourth-order valence-corrected chi connectivity index (χ4v) is 3.69. The van der Waals surface area contributed by atoms with Gasteiger partial charge in [-0.05, 0) is 49.6 Å². The summed E-state index contributed by atoms with van der Waals surface area (Å²) in [5.74, 6) is 0.782. The van der Waals surface area contributed by atoms with E-state index in [4.69, 9.17) is 4.74 Å². The van der Waals surface area contributed by atoms with Crippen molar-refractivity contribution in [3.05, 3.63) is 42.1 Å². The number of hydrogen-bond acceptors (Lipinski definition) is 4. The van der Waals surface area contributed by atoms with Gasteiger partial charge in [-0.15, -0.1) is 10.2 Å². The summed E-state index contributed by atoms with van der Waals surface area (Å²) in [5, 5.41) is 12.2. The summed E-state index contributed by atoms with van der Waals surface area (Å²) in [4.78, 5) is 0. The van der Waals surface area contributed by atoms with Gasteiger partial charge in [0.25, 0.3) is 0 Å².